The number of carbonyl (C=O) groups excluding carboxylic acids is 1. The Morgan fingerprint density at radius 3 is 2.58 bits per heavy atom. The maximum atomic E-state index is 12.1. The summed E-state index contributed by atoms with van der Waals surface area (Å²) in [4.78, 5) is 12.1. The number of methoxy groups -OCH3 is 2. The first-order valence-corrected chi connectivity index (χ1v) is 5.86. The lowest BCUT2D eigenvalue weighted by atomic mass is 10.1. The maximum Gasteiger partial charge on any atom is 0.170 e. The predicted octanol–water partition coefficient (Wildman–Crippen LogP) is 1.86. The molecule has 0 aliphatic rings. The van der Waals surface area contributed by atoms with E-state index in [1.54, 1.807) is 44.4 Å². The van der Waals surface area contributed by atoms with Crippen LogP contribution in [0.2, 0.25) is 0 Å². The van der Waals surface area contributed by atoms with E-state index in [0.29, 0.717) is 23.5 Å². The van der Waals surface area contributed by atoms with Crippen molar-refractivity contribution >= 4 is 5.78 Å². The Kier molecular flexibility index (Phi) is 3.85. The van der Waals surface area contributed by atoms with Crippen LogP contribution in [0.4, 0.5) is 0 Å². The fourth-order valence-corrected chi connectivity index (χ4v) is 1.84. The van der Waals surface area contributed by atoms with Gasteiger partial charge < -0.3 is 9.47 Å². The second kappa shape index (κ2) is 5.56. The molecule has 0 aliphatic carbocycles. The fourth-order valence-electron chi connectivity index (χ4n) is 1.84. The monoisotopic (exact) mass is 260 g/mol. The number of nitrogens with zero attached hydrogens (tertiary/aromatic N) is 2. The third-order valence-electron chi connectivity index (χ3n) is 2.84. The highest BCUT2D eigenvalue weighted by Crippen LogP contribution is 2.27. The van der Waals surface area contributed by atoms with Crippen LogP contribution in [0.1, 0.15) is 15.9 Å². The first-order valence-electron chi connectivity index (χ1n) is 5.86. The van der Waals surface area contributed by atoms with Crippen molar-refractivity contribution in [2.24, 2.45) is 7.05 Å². The summed E-state index contributed by atoms with van der Waals surface area (Å²) in [5.41, 5.74) is 1.49. The molecule has 0 aliphatic heterocycles. The van der Waals surface area contributed by atoms with Gasteiger partial charge in [0.1, 0.15) is 0 Å². The molecule has 1 heterocycles. The van der Waals surface area contributed by atoms with Gasteiger partial charge in [0.15, 0.2) is 17.3 Å². The van der Waals surface area contributed by atoms with Crippen LogP contribution in [0.5, 0.6) is 11.5 Å². The van der Waals surface area contributed by atoms with Gasteiger partial charge in [-0.1, -0.05) is 6.07 Å². The summed E-state index contributed by atoms with van der Waals surface area (Å²) in [6.07, 6.45) is 3.60. The van der Waals surface area contributed by atoms with E-state index in [9.17, 15) is 4.79 Å². The maximum absolute atomic E-state index is 12.1. The minimum Gasteiger partial charge on any atom is -0.493 e. The molecular weight excluding hydrogens is 244 g/mol. The predicted molar refractivity (Wildman–Crippen MR) is 70.8 cm³/mol. The molecule has 100 valence electrons. The van der Waals surface area contributed by atoms with Gasteiger partial charge >= 0.3 is 0 Å². The van der Waals surface area contributed by atoms with Crippen molar-refractivity contribution in [2.45, 2.75) is 6.42 Å². The van der Waals surface area contributed by atoms with E-state index in [-0.39, 0.29) is 5.78 Å². The van der Waals surface area contributed by atoms with Gasteiger partial charge in [-0.2, -0.15) is 5.10 Å². The molecule has 0 saturated carbocycles. The number of Topliss-reactive ketones (excluding diaryl/α,β-unsaturated/α-hetero) is 1. The molecule has 5 nitrogen and oxygen atoms in total. The van der Waals surface area contributed by atoms with Gasteiger partial charge in [0.05, 0.1) is 26.0 Å². The van der Waals surface area contributed by atoms with E-state index in [2.05, 4.69) is 5.10 Å². The number of aryl methyl sites for hydroxylation is 1. The molecule has 0 fully saturated rings. The number of hydrogen-bond acceptors (Lipinski definition) is 4. The molecule has 0 bridgehead atoms. The molecule has 1 aromatic heterocycles. The number of benzene rings is 1. The first-order chi connectivity index (χ1) is 9.13. The zero-order valence-electron chi connectivity index (χ0n) is 11.2. The second-order valence-corrected chi connectivity index (χ2v) is 4.19. The van der Waals surface area contributed by atoms with Crippen LogP contribution in [0.15, 0.2) is 30.6 Å². The van der Waals surface area contributed by atoms with Gasteiger partial charge in [0.25, 0.3) is 0 Å². The van der Waals surface area contributed by atoms with E-state index in [0.717, 1.165) is 5.56 Å². The van der Waals surface area contributed by atoms with Gasteiger partial charge in [0.2, 0.25) is 0 Å². The van der Waals surface area contributed by atoms with Crippen molar-refractivity contribution in [3.63, 3.8) is 0 Å². The van der Waals surface area contributed by atoms with Crippen LogP contribution in [0.25, 0.3) is 0 Å². The van der Waals surface area contributed by atoms with Gasteiger partial charge in [-0.25, -0.2) is 0 Å². The van der Waals surface area contributed by atoms with Gasteiger partial charge in [-0.05, 0) is 17.7 Å². The summed E-state index contributed by atoms with van der Waals surface area (Å²) in [6, 6.07) is 5.47. The highest BCUT2D eigenvalue weighted by molar-refractivity contribution is 5.97. The molecule has 0 spiro atoms. The number of ether oxygens (including phenoxy) is 2. The number of aromatic nitrogens is 2. The summed E-state index contributed by atoms with van der Waals surface area (Å²) in [6.45, 7) is 0. The molecule has 1 aromatic carbocycles. The summed E-state index contributed by atoms with van der Waals surface area (Å²) in [7, 11) is 4.94. The van der Waals surface area contributed by atoms with Crippen molar-refractivity contribution in [2.75, 3.05) is 14.2 Å². The van der Waals surface area contributed by atoms with Crippen LogP contribution in [0, 0.1) is 0 Å². The molecule has 19 heavy (non-hydrogen) atoms. The van der Waals surface area contributed by atoms with Gasteiger partial charge in [-0.3, -0.25) is 9.48 Å². The van der Waals surface area contributed by atoms with Crippen molar-refractivity contribution < 1.29 is 14.3 Å². The zero-order chi connectivity index (χ0) is 13.8. The summed E-state index contributed by atoms with van der Waals surface area (Å²) in [5, 5.41) is 3.99. The van der Waals surface area contributed by atoms with E-state index in [4.69, 9.17) is 9.47 Å². The van der Waals surface area contributed by atoms with Crippen LogP contribution in [0.3, 0.4) is 0 Å². The van der Waals surface area contributed by atoms with Crippen LogP contribution in [-0.4, -0.2) is 29.8 Å². The number of rotatable bonds is 5. The Morgan fingerprint density at radius 2 is 2.00 bits per heavy atom. The van der Waals surface area contributed by atoms with Crippen LogP contribution >= 0.6 is 0 Å². The van der Waals surface area contributed by atoms with Crippen LogP contribution in [-0.2, 0) is 13.5 Å². The standard InChI is InChI=1S/C14H16N2O3/c1-16-9-11(8-15-16)12(17)6-10-4-5-13(18-2)14(7-10)19-3/h4-5,7-9H,6H2,1-3H3. The molecule has 0 unspecified atom stereocenters. The Bertz CT molecular complexity index is 590. The Hall–Kier alpha value is -2.30. The Morgan fingerprint density at radius 1 is 1.26 bits per heavy atom. The highest BCUT2D eigenvalue weighted by Gasteiger charge is 2.11. The number of hydrogen-bond donors (Lipinski definition) is 0. The summed E-state index contributed by atoms with van der Waals surface area (Å²) in [5.74, 6) is 1.30. The molecule has 0 atom stereocenters. The van der Waals surface area contributed by atoms with E-state index < -0.39 is 0 Å². The lowest BCUT2D eigenvalue weighted by Crippen LogP contribution is -2.03. The fraction of sp³-hybridized carbons (Fsp3) is 0.286. The molecule has 0 amide bonds. The lowest BCUT2D eigenvalue weighted by Gasteiger charge is -2.08. The Balaban J connectivity index is 2.17. The zero-order valence-corrected chi connectivity index (χ0v) is 11.2. The molecular formula is C14H16N2O3. The SMILES string of the molecule is COc1ccc(CC(=O)c2cnn(C)c2)cc1OC. The average Bonchev–Trinajstić information content (AvgIpc) is 2.85. The molecule has 5 heteroatoms. The van der Waals surface area contributed by atoms with E-state index in [1.807, 2.05) is 12.1 Å². The average molecular weight is 260 g/mol. The minimum absolute atomic E-state index is 0.0281. The molecule has 0 saturated heterocycles. The lowest BCUT2D eigenvalue weighted by molar-refractivity contribution is 0.0993. The molecule has 2 rings (SSSR count). The molecule has 2 aromatic rings. The quantitative estimate of drug-likeness (QED) is 0.770. The van der Waals surface area contributed by atoms with E-state index >= 15 is 0 Å². The normalized spacial score (nSPS) is 10.3. The first kappa shape index (κ1) is 13.1. The number of carbonyl (C=O) groups is 1. The number of ketones is 1. The third kappa shape index (κ3) is 2.93. The van der Waals surface area contributed by atoms with Crippen molar-refractivity contribution in [3.8, 4) is 11.5 Å². The van der Waals surface area contributed by atoms with Crippen molar-refractivity contribution in [1.29, 1.82) is 0 Å². The van der Waals surface area contributed by atoms with Crippen molar-refractivity contribution in [1.82, 2.24) is 9.78 Å². The highest BCUT2D eigenvalue weighted by atomic mass is 16.5. The largest absolute Gasteiger partial charge is 0.493 e. The molecule has 0 radical (unpaired) electrons. The summed E-state index contributed by atoms with van der Waals surface area (Å²) < 4.78 is 12.0. The minimum atomic E-state index is 0.0281. The van der Waals surface area contributed by atoms with Crippen molar-refractivity contribution in [3.05, 3.63) is 41.7 Å². The van der Waals surface area contributed by atoms with E-state index in [1.165, 1.54) is 0 Å². The topological polar surface area (TPSA) is 53.3 Å². The van der Waals surface area contributed by atoms with Gasteiger partial charge in [0, 0.05) is 19.7 Å². The smallest absolute Gasteiger partial charge is 0.170 e. The summed E-state index contributed by atoms with van der Waals surface area (Å²) >= 11 is 0. The molecule has 0 N–H and O–H groups in total. The van der Waals surface area contributed by atoms with Gasteiger partial charge in [-0.15, -0.1) is 0 Å². The third-order valence-corrected chi connectivity index (χ3v) is 2.84. The van der Waals surface area contributed by atoms with Crippen LogP contribution < -0.4 is 9.47 Å². The Labute approximate surface area is 111 Å². The second-order valence-electron chi connectivity index (χ2n) is 4.19.